The van der Waals surface area contributed by atoms with Crippen molar-refractivity contribution in [3.8, 4) is 22.7 Å². The number of alkyl halides is 2. The second kappa shape index (κ2) is 8.78. The second-order valence-corrected chi connectivity index (χ2v) is 10.00. The third-order valence-corrected chi connectivity index (χ3v) is 7.18. The number of rotatable bonds is 7. The van der Waals surface area contributed by atoms with Crippen molar-refractivity contribution in [1.29, 1.82) is 0 Å². The normalized spacial score (nSPS) is 14.3. The molecule has 0 radical (unpaired) electrons. The van der Waals surface area contributed by atoms with Gasteiger partial charge in [0.2, 0.25) is 0 Å². The zero-order valence-electron chi connectivity index (χ0n) is 17.4. The number of aromatic nitrogens is 2. The van der Waals surface area contributed by atoms with Gasteiger partial charge in [0.05, 0.1) is 17.9 Å². The lowest BCUT2D eigenvalue weighted by Crippen LogP contribution is -2.36. The third-order valence-electron chi connectivity index (χ3n) is 5.09. The highest BCUT2D eigenvalue weighted by atomic mass is 35.5. The van der Waals surface area contributed by atoms with Gasteiger partial charge in [0.15, 0.2) is 0 Å². The SMILES string of the molecule is CN(C)S(=O)(=O)N1Cc2nn(-c3ccccc3OCC(F)F)c(-c3ccc(Cl)cc3)c2C1. The van der Waals surface area contributed by atoms with Crippen molar-refractivity contribution in [2.45, 2.75) is 19.5 Å². The molecular formula is C21H21ClF2N4O3S. The Hall–Kier alpha value is -2.53. The number of fused-ring (bicyclic) bond motifs is 1. The zero-order valence-corrected chi connectivity index (χ0v) is 18.9. The van der Waals surface area contributed by atoms with E-state index in [-0.39, 0.29) is 18.8 Å². The van der Waals surface area contributed by atoms with Crippen molar-refractivity contribution >= 4 is 21.8 Å². The lowest BCUT2D eigenvalue weighted by atomic mass is 10.1. The third kappa shape index (κ3) is 4.23. The summed E-state index contributed by atoms with van der Waals surface area (Å²) in [6.07, 6.45) is -2.62. The Morgan fingerprint density at radius 2 is 1.81 bits per heavy atom. The van der Waals surface area contributed by atoms with Gasteiger partial charge < -0.3 is 4.74 Å². The first-order chi connectivity index (χ1) is 15.2. The van der Waals surface area contributed by atoms with E-state index in [1.54, 1.807) is 41.1 Å². The minimum Gasteiger partial charge on any atom is -0.485 e. The van der Waals surface area contributed by atoms with Gasteiger partial charge in [-0.15, -0.1) is 0 Å². The molecule has 1 aliphatic rings. The molecule has 0 fully saturated rings. The quantitative estimate of drug-likeness (QED) is 0.511. The van der Waals surface area contributed by atoms with Gasteiger partial charge in [0, 0.05) is 36.8 Å². The van der Waals surface area contributed by atoms with E-state index in [0.717, 1.165) is 15.4 Å². The topological polar surface area (TPSA) is 67.7 Å². The number of nitrogens with zero attached hydrogens (tertiary/aromatic N) is 4. The Bertz CT molecular complexity index is 1230. The van der Waals surface area contributed by atoms with Crippen LogP contribution >= 0.6 is 11.6 Å². The number of hydrogen-bond acceptors (Lipinski definition) is 4. The van der Waals surface area contributed by atoms with Gasteiger partial charge in [0.25, 0.3) is 16.6 Å². The van der Waals surface area contributed by atoms with Crippen LogP contribution in [-0.4, -0.2) is 53.9 Å². The van der Waals surface area contributed by atoms with Crippen LogP contribution < -0.4 is 4.74 Å². The molecule has 1 aromatic heterocycles. The molecular weight excluding hydrogens is 462 g/mol. The Morgan fingerprint density at radius 3 is 2.47 bits per heavy atom. The van der Waals surface area contributed by atoms with Crippen LogP contribution in [0.2, 0.25) is 5.02 Å². The molecule has 11 heteroatoms. The number of halogens is 3. The minimum atomic E-state index is -3.64. The molecule has 32 heavy (non-hydrogen) atoms. The summed E-state index contributed by atoms with van der Waals surface area (Å²) in [5.41, 5.74) is 3.22. The lowest BCUT2D eigenvalue weighted by Gasteiger charge is -2.21. The van der Waals surface area contributed by atoms with Crippen molar-refractivity contribution in [3.63, 3.8) is 0 Å². The zero-order chi connectivity index (χ0) is 23.0. The van der Waals surface area contributed by atoms with E-state index in [2.05, 4.69) is 5.10 Å². The van der Waals surface area contributed by atoms with E-state index < -0.39 is 23.2 Å². The van der Waals surface area contributed by atoms with Gasteiger partial charge >= 0.3 is 0 Å². The van der Waals surface area contributed by atoms with Crippen LogP contribution in [-0.2, 0) is 23.3 Å². The summed E-state index contributed by atoms with van der Waals surface area (Å²) < 4.78 is 60.3. The molecule has 7 nitrogen and oxygen atoms in total. The van der Waals surface area contributed by atoms with Crippen molar-refractivity contribution in [1.82, 2.24) is 18.4 Å². The summed E-state index contributed by atoms with van der Waals surface area (Å²) in [6, 6.07) is 13.8. The Labute approximate surface area is 190 Å². The average Bonchev–Trinajstić information content (AvgIpc) is 3.31. The Balaban J connectivity index is 1.84. The van der Waals surface area contributed by atoms with Crippen LogP contribution in [0.15, 0.2) is 48.5 Å². The first-order valence-corrected chi connectivity index (χ1v) is 11.5. The summed E-state index contributed by atoms with van der Waals surface area (Å²) in [7, 11) is -0.686. The average molecular weight is 483 g/mol. The molecule has 0 aliphatic carbocycles. The van der Waals surface area contributed by atoms with E-state index >= 15 is 0 Å². The predicted molar refractivity (Wildman–Crippen MR) is 117 cm³/mol. The van der Waals surface area contributed by atoms with Gasteiger partial charge in [-0.05, 0) is 24.3 Å². The standard InChI is InChI=1S/C21H21ClF2N4O3S/c1-26(2)32(29,30)27-11-16-17(12-27)25-28(21(16)14-7-9-15(22)10-8-14)18-5-3-4-6-19(18)31-13-20(23)24/h3-10,20H,11-13H2,1-2H3. The molecule has 4 rings (SSSR count). The largest absolute Gasteiger partial charge is 0.485 e. The summed E-state index contributed by atoms with van der Waals surface area (Å²) in [5.74, 6) is 0.252. The van der Waals surface area contributed by atoms with Crippen LogP contribution in [0.5, 0.6) is 5.75 Å². The molecule has 2 aromatic carbocycles. The molecule has 3 aromatic rings. The maximum Gasteiger partial charge on any atom is 0.282 e. The second-order valence-electron chi connectivity index (χ2n) is 7.42. The summed E-state index contributed by atoms with van der Waals surface area (Å²) >= 11 is 6.05. The first kappa shape index (κ1) is 22.7. The minimum absolute atomic E-state index is 0.101. The van der Waals surface area contributed by atoms with Crippen LogP contribution in [0.4, 0.5) is 8.78 Å². The Kier molecular flexibility index (Phi) is 6.22. The first-order valence-electron chi connectivity index (χ1n) is 9.73. The Morgan fingerprint density at radius 1 is 1.12 bits per heavy atom. The van der Waals surface area contributed by atoms with E-state index in [4.69, 9.17) is 16.3 Å². The molecule has 2 heterocycles. The summed E-state index contributed by atoms with van der Waals surface area (Å²) in [4.78, 5) is 0. The van der Waals surface area contributed by atoms with E-state index in [9.17, 15) is 17.2 Å². The number of para-hydroxylation sites is 2. The number of benzene rings is 2. The van der Waals surface area contributed by atoms with E-state index in [1.807, 2.05) is 12.1 Å². The molecule has 0 bridgehead atoms. The van der Waals surface area contributed by atoms with Gasteiger partial charge in [-0.2, -0.15) is 22.1 Å². The molecule has 0 saturated carbocycles. The van der Waals surface area contributed by atoms with E-state index in [1.165, 1.54) is 18.4 Å². The van der Waals surface area contributed by atoms with Gasteiger partial charge in [0.1, 0.15) is 18.0 Å². The molecule has 0 amide bonds. The molecule has 0 spiro atoms. The monoisotopic (exact) mass is 482 g/mol. The lowest BCUT2D eigenvalue weighted by molar-refractivity contribution is 0.0818. The van der Waals surface area contributed by atoms with Crippen molar-refractivity contribution in [2.24, 2.45) is 0 Å². The van der Waals surface area contributed by atoms with Crippen LogP contribution in [0.25, 0.3) is 16.9 Å². The number of hydrogen-bond donors (Lipinski definition) is 0. The highest BCUT2D eigenvalue weighted by Crippen LogP contribution is 2.38. The molecule has 0 N–H and O–H groups in total. The fourth-order valence-electron chi connectivity index (χ4n) is 3.57. The van der Waals surface area contributed by atoms with Crippen LogP contribution in [0, 0.1) is 0 Å². The maximum atomic E-state index is 12.8. The van der Waals surface area contributed by atoms with E-state index in [0.29, 0.717) is 22.1 Å². The molecule has 0 saturated heterocycles. The van der Waals surface area contributed by atoms with Crippen molar-refractivity contribution in [2.75, 3.05) is 20.7 Å². The summed E-state index contributed by atoms with van der Waals surface area (Å²) in [5, 5.41) is 5.21. The molecule has 0 unspecified atom stereocenters. The van der Waals surface area contributed by atoms with Gasteiger partial charge in [-0.1, -0.05) is 35.9 Å². The fourth-order valence-corrected chi connectivity index (χ4v) is 4.73. The molecule has 170 valence electrons. The maximum absolute atomic E-state index is 12.8. The number of ether oxygens (including phenoxy) is 1. The smallest absolute Gasteiger partial charge is 0.282 e. The van der Waals surface area contributed by atoms with Crippen molar-refractivity contribution < 1.29 is 21.9 Å². The fraction of sp³-hybridized carbons (Fsp3) is 0.286. The van der Waals surface area contributed by atoms with Gasteiger partial charge in [-0.25, -0.2) is 13.5 Å². The summed E-state index contributed by atoms with van der Waals surface area (Å²) in [6.45, 7) is -0.513. The van der Waals surface area contributed by atoms with Crippen LogP contribution in [0.1, 0.15) is 11.3 Å². The molecule has 1 aliphatic heterocycles. The highest BCUT2D eigenvalue weighted by molar-refractivity contribution is 7.86. The van der Waals surface area contributed by atoms with Gasteiger partial charge in [-0.3, -0.25) is 0 Å². The highest BCUT2D eigenvalue weighted by Gasteiger charge is 2.36. The van der Waals surface area contributed by atoms with Crippen LogP contribution in [0.3, 0.4) is 0 Å². The predicted octanol–water partition coefficient (Wildman–Crippen LogP) is 3.96. The molecule has 0 atom stereocenters. The van der Waals surface area contributed by atoms with Crippen molar-refractivity contribution in [3.05, 3.63) is 64.8 Å².